The van der Waals surface area contributed by atoms with Crippen molar-refractivity contribution in [2.75, 3.05) is 47.4 Å². The van der Waals surface area contributed by atoms with Crippen molar-refractivity contribution >= 4 is 5.96 Å². The Morgan fingerprint density at radius 3 is 2.58 bits per heavy atom. The largest absolute Gasteiger partial charge is 0.493 e. The zero-order valence-corrected chi connectivity index (χ0v) is 19.0. The Kier molecular flexibility index (Phi) is 9.09. The van der Waals surface area contributed by atoms with E-state index in [1.807, 2.05) is 25.2 Å². The Hall–Kier alpha value is -2.67. The van der Waals surface area contributed by atoms with E-state index in [1.165, 1.54) is 24.8 Å². The number of ether oxygens (including phenoxy) is 2. The van der Waals surface area contributed by atoms with Gasteiger partial charge in [-0.3, -0.25) is 9.89 Å². The first-order valence-corrected chi connectivity index (χ1v) is 11.2. The second kappa shape index (κ2) is 12.2. The van der Waals surface area contributed by atoms with Crippen LogP contribution in [0.1, 0.15) is 43.0 Å². The molecular formula is C24H36N4O3. The number of hydrogen-bond acceptors (Lipinski definition) is 5. The summed E-state index contributed by atoms with van der Waals surface area (Å²) in [6.45, 7) is 3.83. The number of piperidine rings is 1. The minimum atomic E-state index is 0.223. The number of likely N-dealkylation sites (tertiary alicyclic amines) is 1. The molecule has 0 spiro atoms. The third-order valence-corrected chi connectivity index (χ3v) is 5.77. The van der Waals surface area contributed by atoms with E-state index in [0.717, 1.165) is 62.2 Å². The van der Waals surface area contributed by atoms with Crippen LogP contribution in [0.5, 0.6) is 11.5 Å². The van der Waals surface area contributed by atoms with Crippen LogP contribution in [-0.4, -0.2) is 58.3 Å². The summed E-state index contributed by atoms with van der Waals surface area (Å²) in [7, 11) is 5.13. The third-order valence-electron chi connectivity index (χ3n) is 5.77. The van der Waals surface area contributed by atoms with Gasteiger partial charge in [-0.1, -0.05) is 12.5 Å². The Balaban J connectivity index is 1.46. The molecule has 1 aliphatic heterocycles. The smallest absolute Gasteiger partial charge is 0.191 e. The van der Waals surface area contributed by atoms with Gasteiger partial charge in [-0.2, -0.15) is 0 Å². The van der Waals surface area contributed by atoms with E-state index in [0.29, 0.717) is 0 Å². The average Bonchev–Trinajstić information content (AvgIpc) is 3.35. The van der Waals surface area contributed by atoms with Gasteiger partial charge in [-0.15, -0.1) is 0 Å². The molecule has 1 fully saturated rings. The summed E-state index contributed by atoms with van der Waals surface area (Å²) in [6.07, 6.45) is 7.52. The summed E-state index contributed by atoms with van der Waals surface area (Å²) in [4.78, 5) is 6.90. The van der Waals surface area contributed by atoms with E-state index in [-0.39, 0.29) is 6.04 Å². The summed E-state index contributed by atoms with van der Waals surface area (Å²) in [5, 5.41) is 6.92. The predicted octanol–water partition coefficient (Wildman–Crippen LogP) is 3.62. The van der Waals surface area contributed by atoms with Crippen LogP contribution in [0.2, 0.25) is 0 Å². The first-order valence-electron chi connectivity index (χ1n) is 11.2. The Morgan fingerprint density at radius 2 is 1.90 bits per heavy atom. The molecule has 1 aromatic heterocycles. The van der Waals surface area contributed by atoms with Gasteiger partial charge < -0.3 is 24.5 Å². The van der Waals surface area contributed by atoms with Gasteiger partial charge in [0.05, 0.1) is 26.5 Å². The fraction of sp³-hybridized carbons (Fsp3) is 0.542. The first-order chi connectivity index (χ1) is 15.2. The minimum Gasteiger partial charge on any atom is -0.493 e. The molecule has 0 amide bonds. The lowest BCUT2D eigenvalue weighted by Gasteiger charge is -2.33. The SMILES string of the molecule is CN=C(NCCCc1ccc(OC)c(OC)c1)NCC(c1ccco1)N1CCCCC1. The van der Waals surface area contributed by atoms with Crippen LogP contribution in [-0.2, 0) is 6.42 Å². The van der Waals surface area contributed by atoms with Crippen LogP contribution in [0.25, 0.3) is 0 Å². The molecule has 3 rings (SSSR count). The highest BCUT2D eigenvalue weighted by molar-refractivity contribution is 5.79. The van der Waals surface area contributed by atoms with E-state index < -0.39 is 0 Å². The minimum absolute atomic E-state index is 0.223. The zero-order valence-electron chi connectivity index (χ0n) is 19.0. The molecule has 1 aromatic carbocycles. The lowest BCUT2D eigenvalue weighted by atomic mass is 10.1. The fourth-order valence-corrected chi connectivity index (χ4v) is 4.07. The number of rotatable bonds is 10. The van der Waals surface area contributed by atoms with Crippen molar-refractivity contribution in [2.45, 2.75) is 38.1 Å². The van der Waals surface area contributed by atoms with Gasteiger partial charge in [0, 0.05) is 20.1 Å². The number of nitrogens with one attached hydrogen (secondary N) is 2. The normalized spacial score (nSPS) is 16.0. The lowest BCUT2D eigenvalue weighted by Crippen LogP contribution is -2.44. The topological polar surface area (TPSA) is 71.3 Å². The first kappa shape index (κ1) is 23.0. The van der Waals surface area contributed by atoms with Crippen molar-refractivity contribution in [1.29, 1.82) is 0 Å². The maximum absolute atomic E-state index is 5.74. The second-order valence-corrected chi connectivity index (χ2v) is 7.80. The molecule has 1 aliphatic rings. The summed E-state index contributed by atoms with van der Waals surface area (Å²) in [6, 6.07) is 10.3. The maximum atomic E-state index is 5.74. The van der Waals surface area contributed by atoms with Crippen LogP contribution in [0.3, 0.4) is 0 Å². The van der Waals surface area contributed by atoms with E-state index in [9.17, 15) is 0 Å². The van der Waals surface area contributed by atoms with Gasteiger partial charge in [0.25, 0.3) is 0 Å². The van der Waals surface area contributed by atoms with Gasteiger partial charge >= 0.3 is 0 Å². The van der Waals surface area contributed by atoms with Gasteiger partial charge in [-0.25, -0.2) is 0 Å². The standard InChI is InChI=1S/C24H36N4O3/c1-25-24(26-13-7-9-19-11-12-22(29-2)23(17-19)30-3)27-18-20(21-10-8-16-31-21)28-14-5-4-6-15-28/h8,10-12,16-17,20H,4-7,9,13-15,18H2,1-3H3,(H2,25,26,27). The van der Waals surface area contributed by atoms with Gasteiger partial charge in [0.15, 0.2) is 17.5 Å². The molecule has 1 atom stereocenters. The van der Waals surface area contributed by atoms with Crippen LogP contribution in [0.4, 0.5) is 0 Å². The lowest BCUT2D eigenvalue weighted by molar-refractivity contribution is 0.146. The molecule has 0 saturated carbocycles. The molecule has 2 aromatic rings. The van der Waals surface area contributed by atoms with Crippen LogP contribution in [0.15, 0.2) is 46.0 Å². The Bertz CT molecular complexity index is 801. The Labute approximate surface area is 185 Å². The van der Waals surface area contributed by atoms with Crippen molar-refractivity contribution in [3.63, 3.8) is 0 Å². The number of aliphatic imine (C=N–C) groups is 1. The number of furan rings is 1. The van der Waals surface area contributed by atoms with Crippen molar-refractivity contribution < 1.29 is 13.9 Å². The van der Waals surface area contributed by atoms with Crippen molar-refractivity contribution in [3.05, 3.63) is 47.9 Å². The number of methoxy groups -OCH3 is 2. The van der Waals surface area contributed by atoms with E-state index in [1.54, 1.807) is 20.5 Å². The highest BCUT2D eigenvalue weighted by Gasteiger charge is 2.24. The monoisotopic (exact) mass is 428 g/mol. The van der Waals surface area contributed by atoms with E-state index in [2.05, 4.69) is 32.7 Å². The number of guanidine groups is 1. The van der Waals surface area contributed by atoms with Crippen molar-refractivity contribution in [3.8, 4) is 11.5 Å². The van der Waals surface area contributed by atoms with Crippen LogP contribution < -0.4 is 20.1 Å². The van der Waals surface area contributed by atoms with Crippen molar-refractivity contribution in [1.82, 2.24) is 15.5 Å². The van der Waals surface area contributed by atoms with Crippen molar-refractivity contribution in [2.24, 2.45) is 4.99 Å². The molecule has 0 radical (unpaired) electrons. The molecule has 2 heterocycles. The quantitative estimate of drug-likeness (QED) is 0.342. The fourth-order valence-electron chi connectivity index (χ4n) is 4.07. The number of benzene rings is 1. The zero-order chi connectivity index (χ0) is 21.9. The molecule has 2 N–H and O–H groups in total. The predicted molar refractivity (Wildman–Crippen MR) is 124 cm³/mol. The molecule has 170 valence electrons. The number of nitrogens with zero attached hydrogens (tertiary/aromatic N) is 2. The molecule has 0 bridgehead atoms. The molecule has 0 aliphatic carbocycles. The Morgan fingerprint density at radius 1 is 1.10 bits per heavy atom. The summed E-state index contributed by atoms with van der Waals surface area (Å²) in [5.41, 5.74) is 1.23. The number of aryl methyl sites for hydroxylation is 1. The van der Waals surface area contributed by atoms with E-state index in [4.69, 9.17) is 13.9 Å². The summed E-state index contributed by atoms with van der Waals surface area (Å²) in [5.74, 6) is 3.36. The average molecular weight is 429 g/mol. The highest BCUT2D eigenvalue weighted by Crippen LogP contribution is 2.28. The number of hydrogen-bond donors (Lipinski definition) is 2. The van der Waals surface area contributed by atoms with Crippen LogP contribution in [0, 0.1) is 0 Å². The molecular weight excluding hydrogens is 392 g/mol. The van der Waals surface area contributed by atoms with Crippen LogP contribution >= 0.6 is 0 Å². The van der Waals surface area contributed by atoms with Gasteiger partial charge in [0.2, 0.25) is 0 Å². The molecule has 1 saturated heterocycles. The second-order valence-electron chi connectivity index (χ2n) is 7.80. The molecule has 31 heavy (non-hydrogen) atoms. The molecule has 7 heteroatoms. The summed E-state index contributed by atoms with van der Waals surface area (Å²) >= 11 is 0. The maximum Gasteiger partial charge on any atom is 0.191 e. The summed E-state index contributed by atoms with van der Waals surface area (Å²) < 4.78 is 16.4. The van der Waals surface area contributed by atoms with Gasteiger partial charge in [0.1, 0.15) is 5.76 Å². The van der Waals surface area contributed by atoms with Gasteiger partial charge in [-0.05, 0) is 68.6 Å². The highest BCUT2D eigenvalue weighted by atomic mass is 16.5. The third kappa shape index (κ3) is 6.66. The van der Waals surface area contributed by atoms with E-state index >= 15 is 0 Å². The molecule has 1 unspecified atom stereocenters. The molecule has 7 nitrogen and oxygen atoms in total.